The van der Waals surface area contributed by atoms with Gasteiger partial charge in [0.1, 0.15) is 0 Å². The van der Waals surface area contributed by atoms with Crippen molar-refractivity contribution in [3.63, 3.8) is 0 Å². The van der Waals surface area contributed by atoms with Crippen molar-refractivity contribution in [1.82, 2.24) is 9.88 Å². The van der Waals surface area contributed by atoms with Gasteiger partial charge in [-0.05, 0) is 42.7 Å². The quantitative estimate of drug-likeness (QED) is 0.758. The number of aryl methyl sites for hydroxylation is 1. The molecule has 1 aliphatic rings. The van der Waals surface area contributed by atoms with Crippen LogP contribution < -0.4 is 0 Å². The van der Waals surface area contributed by atoms with Gasteiger partial charge in [-0.3, -0.25) is 9.88 Å². The maximum Gasteiger partial charge on any atom is 0.0451 e. The second-order valence-corrected chi connectivity index (χ2v) is 6.89. The molecule has 0 unspecified atom stereocenters. The number of rotatable bonds is 2. The Morgan fingerprint density at radius 1 is 1.14 bits per heavy atom. The van der Waals surface area contributed by atoms with E-state index in [1.807, 2.05) is 13.8 Å². The van der Waals surface area contributed by atoms with Crippen LogP contribution in [0.4, 0.5) is 0 Å². The van der Waals surface area contributed by atoms with Gasteiger partial charge in [-0.1, -0.05) is 52.0 Å². The van der Waals surface area contributed by atoms with Crippen molar-refractivity contribution in [1.29, 1.82) is 0 Å². The fourth-order valence-corrected chi connectivity index (χ4v) is 3.44. The summed E-state index contributed by atoms with van der Waals surface area (Å²) in [6.07, 6.45) is 4.72. The molecule has 0 saturated carbocycles. The van der Waals surface area contributed by atoms with E-state index < -0.39 is 0 Å². The van der Waals surface area contributed by atoms with Gasteiger partial charge < -0.3 is 0 Å². The zero-order chi connectivity index (χ0) is 16.2. The first-order valence-corrected chi connectivity index (χ1v) is 8.61. The van der Waals surface area contributed by atoms with Crippen LogP contribution in [0.5, 0.6) is 0 Å². The van der Waals surface area contributed by atoms with Gasteiger partial charge in [0.2, 0.25) is 0 Å². The maximum absolute atomic E-state index is 4.58. The van der Waals surface area contributed by atoms with Gasteiger partial charge in [0, 0.05) is 30.4 Å². The Kier molecular flexibility index (Phi) is 5.57. The van der Waals surface area contributed by atoms with Gasteiger partial charge in [0.25, 0.3) is 0 Å². The average Bonchev–Trinajstić information content (AvgIpc) is 2.51. The highest BCUT2D eigenvalue weighted by atomic mass is 15.1. The maximum atomic E-state index is 4.58. The minimum absolute atomic E-state index is 0.451. The lowest BCUT2D eigenvalue weighted by Crippen LogP contribution is -2.39. The first-order valence-electron chi connectivity index (χ1n) is 8.61. The van der Waals surface area contributed by atoms with E-state index >= 15 is 0 Å². The first-order chi connectivity index (χ1) is 10.6. The zero-order valence-corrected chi connectivity index (χ0v) is 14.8. The van der Waals surface area contributed by atoms with Crippen molar-refractivity contribution < 1.29 is 0 Å². The minimum Gasteiger partial charge on any atom is -0.298 e. The van der Waals surface area contributed by atoms with Crippen LogP contribution in [0.2, 0.25) is 0 Å². The molecule has 3 rings (SSSR count). The van der Waals surface area contributed by atoms with Crippen LogP contribution in [-0.4, -0.2) is 23.0 Å². The highest BCUT2D eigenvalue weighted by molar-refractivity contribution is 5.87. The molecule has 0 aliphatic carbocycles. The Hall–Kier alpha value is -1.41. The number of pyridine rings is 1. The van der Waals surface area contributed by atoms with Crippen molar-refractivity contribution in [2.45, 2.75) is 54.0 Å². The van der Waals surface area contributed by atoms with Crippen LogP contribution in [0.25, 0.3) is 10.8 Å². The molecule has 120 valence electrons. The van der Waals surface area contributed by atoms with Gasteiger partial charge in [0.05, 0.1) is 0 Å². The predicted molar refractivity (Wildman–Crippen MR) is 96.1 cm³/mol. The molecule has 1 aromatic heterocycles. The molecule has 0 amide bonds. The Balaban J connectivity index is 0.000000847. The molecule has 2 heteroatoms. The molecule has 0 atom stereocenters. The third-order valence-electron chi connectivity index (χ3n) is 4.45. The number of hydrogen-bond acceptors (Lipinski definition) is 2. The fraction of sp³-hybridized carbons (Fsp3) is 0.550. The van der Waals surface area contributed by atoms with Gasteiger partial charge >= 0.3 is 0 Å². The fourth-order valence-electron chi connectivity index (χ4n) is 3.44. The van der Waals surface area contributed by atoms with Crippen molar-refractivity contribution >= 4 is 10.8 Å². The topological polar surface area (TPSA) is 16.1 Å². The van der Waals surface area contributed by atoms with Gasteiger partial charge in [0.15, 0.2) is 0 Å². The molecule has 0 radical (unpaired) electrons. The molecular formula is C20H30N2. The largest absolute Gasteiger partial charge is 0.298 e. The smallest absolute Gasteiger partial charge is 0.0451 e. The number of likely N-dealkylation sites (tertiary alicyclic amines) is 1. The van der Waals surface area contributed by atoms with Gasteiger partial charge in [-0.15, -0.1) is 0 Å². The van der Waals surface area contributed by atoms with E-state index in [0.717, 1.165) is 12.2 Å². The van der Waals surface area contributed by atoms with E-state index in [-0.39, 0.29) is 0 Å². The predicted octanol–water partition coefficient (Wildman–Crippen LogP) is 5.19. The summed E-state index contributed by atoms with van der Waals surface area (Å²) in [5, 5.41) is 2.66. The van der Waals surface area contributed by atoms with Gasteiger partial charge in [-0.25, -0.2) is 0 Å². The Labute approximate surface area is 135 Å². The molecule has 2 nitrogen and oxygen atoms in total. The lowest BCUT2D eigenvalue weighted by Gasteiger charge is -2.38. The average molecular weight is 298 g/mol. The molecule has 1 aromatic carbocycles. The van der Waals surface area contributed by atoms with Crippen LogP contribution in [0.15, 0.2) is 30.5 Å². The molecule has 1 aliphatic heterocycles. The summed E-state index contributed by atoms with van der Waals surface area (Å²) in [5.41, 5.74) is 2.94. The second-order valence-electron chi connectivity index (χ2n) is 6.89. The Bertz CT molecular complexity index is 616. The summed E-state index contributed by atoms with van der Waals surface area (Å²) in [5.74, 6) is 0. The van der Waals surface area contributed by atoms with E-state index in [9.17, 15) is 0 Å². The monoisotopic (exact) mass is 298 g/mol. The summed E-state index contributed by atoms with van der Waals surface area (Å²) in [6.45, 7) is 14.3. The highest BCUT2D eigenvalue weighted by Crippen LogP contribution is 2.30. The number of aromatic nitrogens is 1. The molecule has 1 fully saturated rings. The summed E-state index contributed by atoms with van der Waals surface area (Å²) < 4.78 is 0. The normalized spacial score (nSPS) is 17.9. The third-order valence-corrected chi connectivity index (χ3v) is 4.45. The molecule has 2 heterocycles. The number of piperidine rings is 1. The SMILES string of the molecule is CC.Cc1ncc(CN2CCCC(C)(C)C2)c2ccccc12. The second kappa shape index (κ2) is 7.23. The molecule has 2 aromatic rings. The number of benzene rings is 1. The minimum atomic E-state index is 0.451. The van der Waals surface area contributed by atoms with Crippen molar-refractivity contribution in [3.05, 3.63) is 41.7 Å². The summed E-state index contributed by atoms with van der Waals surface area (Å²) in [6, 6.07) is 8.64. The van der Waals surface area contributed by atoms with E-state index in [1.165, 1.54) is 42.3 Å². The molecule has 0 N–H and O–H groups in total. The highest BCUT2D eigenvalue weighted by Gasteiger charge is 2.26. The summed E-state index contributed by atoms with van der Waals surface area (Å²) in [4.78, 5) is 7.17. The van der Waals surface area contributed by atoms with E-state index in [1.54, 1.807) is 0 Å². The Morgan fingerprint density at radius 3 is 2.50 bits per heavy atom. The molecule has 0 bridgehead atoms. The zero-order valence-electron chi connectivity index (χ0n) is 14.8. The first kappa shape index (κ1) is 17.0. The van der Waals surface area contributed by atoms with Crippen LogP contribution in [-0.2, 0) is 6.54 Å². The molecule has 1 saturated heterocycles. The van der Waals surface area contributed by atoms with Crippen molar-refractivity contribution in [2.75, 3.05) is 13.1 Å². The van der Waals surface area contributed by atoms with E-state index in [4.69, 9.17) is 0 Å². The lowest BCUT2D eigenvalue weighted by atomic mass is 9.84. The lowest BCUT2D eigenvalue weighted by molar-refractivity contribution is 0.112. The van der Waals surface area contributed by atoms with Crippen LogP contribution in [0.1, 0.15) is 51.8 Å². The van der Waals surface area contributed by atoms with Crippen molar-refractivity contribution in [2.24, 2.45) is 5.41 Å². The van der Waals surface area contributed by atoms with Crippen LogP contribution in [0, 0.1) is 12.3 Å². The number of fused-ring (bicyclic) bond motifs is 1. The molecule has 22 heavy (non-hydrogen) atoms. The summed E-state index contributed by atoms with van der Waals surface area (Å²) in [7, 11) is 0. The van der Waals surface area contributed by atoms with Crippen LogP contribution in [0.3, 0.4) is 0 Å². The van der Waals surface area contributed by atoms with Crippen LogP contribution >= 0.6 is 0 Å². The van der Waals surface area contributed by atoms with E-state index in [0.29, 0.717) is 5.41 Å². The van der Waals surface area contributed by atoms with Crippen molar-refractivity contribution in [3.8, 4) is 0 Å². The van der Waals surface area contributed by atoms with E-state index in [2.05, 4.69) is 61.1 Å². The number of nitrogens with zero attached hydrogens (tertiary/aromatic N) is 2. The molecule has 0 spiro atoms. The van der Waals surface area contributed by atoms with Gasteiger partial charge in [-0.2, -0.15) is 0 Å². The standard InChI is InChI=1S/C18H24N2.C2H6/c1-14-16-7-4-5-8-17(16)15(11-19-14)12-20-10-6-9-18(2,3)13-20;1-2/h4-5,7-8,11H,6,9-10,12-13H2,1-3H3;1-2H3. The third kappa shape index (κ3) is 3.86. The molecular weight excluding hydrogens is 268 g/mol. The Morgan fingerprint density at radius 2 is 1.82 bits per heavy atom. The summed E-state index contributed by atoms with van der Waals surface area (Å²) >= 11 is 0. The number of hydrogen-bond donors (Lipinski definition) is 0.